The van der Waals surface area contributed by atoms with E-state index in [-0.39, 0.29) is 5.95 Å². The van der Waals surface area contributed by atoms with Gasteiger partial charge in [0, 0.05) is 0 Å². The lowest BCUT2D eigenvalue weighted by atomic mass is 10.6. The predicted octanol–water partition coefficient (Wildman–Crippen LogP) is -0.0128. The summed E-state index contributed by atoms with van der Waals surface area (Å²) in [6.07, 6.45) is 2.71. The van der Waals surface area contributed by atoms with Crippen molar-refractivity contribution in [3.05, 3.63) is 18.2 Å². The molecular formula is C5H6FN3O2S. The first-order valence-corrected chi connectivity index (χ1v) is 4.82. The van der Waals surface area contributed by atoms with Gasteiger partial charge < -0.3 is 0 Å². The minimum Gasteiger partial charge on any atom is -0.251 e. The summed E-state index contributed by atoms with van der Waals surface area (Å²) in [7, 11) is -3.39. The number of halogens is 1. The minimum absolute atomic E-state index is 0.140. The first-order chi connectivity index (χ1) is 5.47. The molecule has 0 radical (unpaired) electrons. The van der Waals surface area contributed by atoms with Gasteiger partial charge in [-0.1, -0.05) is 0 Å². The lowest BCUT2D eigenvalue weighted by Crippen LogP contribution is -2.12. The highest BCUT2D eigenvalue weighted by molar-refractivity contribution is 7.91. The van der Waals surface area contributed by atoms with Crippen LogP contribution in [-0.4, -0.2) is 24.6 Å². The molecule has 1 aromatic rings. The van der Waals surface area contributed by atoms with E-state index < -0.39 is 15.8 Å². The fourth-order valence-electron chi connectivity index (χ4n) is 0.531. The molecule has 5 nitrogen and oxygen atoms in total. The summed E-state index contributed by atoms with van der Waals surface area (Å²) in [6.45, 7) is 0. The molecule has 0 amide bonds. The molecule has 7 heteroatoms. The third kappa shape index (κ3) is 2.79. The molecule has 1 aromatic heterocycles. The fraction of sp³-hybridized carbons (Fsp3) is 0.200. The second kappa shape index (κ2) is 3.02. The third-order valence-electron chi connectivity index (χ3n) is 0.897. The molecule has 0 aliphatic carbocycles. The van der Waals surface area contributed by atoms with Crippen LogP contribution in [0.25, 0.3) is 0 Å². The number of anilines is 1. The molecule has 0 unspecified atom stereocenters. The van der Waals surface area contributed by atoms with Crippen molar-refractivity contribution in [2.75, 3.05) is 11.0 Å². The van der Waals surface area contributed by atoms with E-state index in [1.54, 1.807) is 0 Å². The Morgan fingerprint density at radius 1 is 1.42 bits per heavy atom. The average Bonchev–Trinajstić information content (AvgIpc) is 1.91. The molecule has 0 saturated carbocycles. The molecule has 0 bridgehead atoms. The zero-order chi connectivity index (χ0) is 9.19. The Morgan fingerprint density at radius 3 is 2.33 bits per heavy atom. The average molecular weight is 191 g/mol. The van der Waals surface area contributed by atoms with Gasteiger partial charge in [-0.2, -0.15) is 0 Å². The van der Waals surface area contributed by atoms with E-state index >= 15 is 0 Å². The molecular weight excluding hydrogens is 185 g/mol. The van der Waals surface area contributed by atoms with Crippen molar-refractivity contribution < 1.29 is 12.8 Å². The van der Waals surface area contributed by atoms with Crippen LogP contribution in [0.1, 0.15) is 0 Å². The quantitative estimate of drug-likeness (QED) is 0.713. The van der Waals surface area contributed by atoms with Gasteiger partial charge in [0.1, 0.15) is 0 Å². The molecule has 0 aromatic carbocycles. The Bertz CT molecular complexity index is 361. The summed E-state index contributed by atoms with van der Waals surface area (Å²) in [5.41, 5.74) is 0. The van der Waals surface area contributed by atoms with E-state index in [1.807, 2.05) is 4.72 Å². The Balaban J connectivity index is 2.85. The highest BCUT2D eigenvalue weighted by Gasteiger charge is 2.03. The van der Waals surface area contributed by atoms with E-state index in [0.717, 1.165) is 18.6 Å². The van der Waals surface area contributed by atoms with Crippen molar-refractivity contribution in [3.8, 4) is 0 Å². The highest BCUT2D eigenvalue weighted by atomic mass is 32.2. The van der Waals surface area contributed by atoms with Gasteiger partial charge in [-0.15, -0.1) is 0 Å². The van der Waals surface area contributed by atoms with Crippen molar-refractivity contribution in [1.82, 2.24) is 9.97 Å². The Morgan fingerprint density at radius 2 is 1.92 bits per heavy atom. The van der Waals surface area contributed by atoms with E-state index in [0.29, 0.717) is 0 Å². The molecule has 12 heavy (non-hydrogen) atoms. The number of hydrogen-bond acceptors (Lipinski definition) is 4. The van der Waals surface area contributed by atoms with Gasteiger partial charge in [0.25, 0.3) is 0 Å². The summed E-state index contributed by atoms with van der Waals surface area (Å²) in [4.78, 5) is 6.77. The van der Waals surface area contributed by atoms with Crippen molar-refractivity contribution in [2.24, 2.45) is 0 Å². The van der Waals surface area contributed by atoms with Crippen molar-refractivity contribution in [1.29, 1.82) is 0 Å². The molecule has 0 aliphatic heterocycles. The predicted molar refractivity (Wildman–Crippen MR) is 40.5 cm³/mol. The number of aromatic nitrogens is 2. The summed E-state index contributed by atoms with van der Waals surface area (Å²) in [5, 5.41) is 0. The molecule has 0 atom stereocenters. The van der Waals surface area contributed by atoms with Crippen LogP contribution in [0.3, 0.4) is 0 Å². The van der Waals surface area contributed by atoms with E-state index in [1.165, 1.54) is 0 Å². The summed E-state index contributed by atoms with van der Waals surface area (Å²) >= 11 is 0. The lowest BCUT2D eigenvalue weighted by molar-refractivity contribution is 0.604. The van der Waals surface area contributed by atoms with Gasteiger partial charge in [-0.25, -0.2) is 22.8 Å². The van der Waals surface area contributed by atoms with Crippen LogP contribution in [0, 0.1) is 5.82 Å². The van der Waals surface area contributed by atoms with Gasteiger partial charge >= 0.3 is 0 Å². The molecule has 0 saturated heterocycles. The van der Waals surface area contributed by atoms with Gasteiger partial charge in [0.15, 0.2) is 5.82 Å². The van der Waals surface area contributed by atoms with Gasteiger partial charge in [-0.3, -0.25) is 4.72 Å². The number of rotatable bonds is 2. The Hall–Kier alpha value is -1.24. The van der Waals surface area contributed by atoms with Crippen LogP contribution in [0.15, 0.2) is 12.4 Å². The van der Waals surface area contributed by atoms with Crippen LogP contribution in [0.2, 0.25) is 0 Å². The maximum atomic E-state index is 12.2. The standard InChI is InChI=1S/C5H6FN3O2S/c1-12(10,11)9-5-7-2-4(6)3-8-5/h2-3H,1H3,(H,7,8,9). The zero-order valence-electron chi connectivity index (χ0n) is 6.15. The van der Waals surface area contributed by atoms with Crippen molar-refractivity contribution >= 4 is 16.0 Å². The summed E-state index contributed by atoms with van der Waals surface area (Å²) < 4.78 is 35.4. The summed E-state index contributed by atoms with van der Waals surface area (Å²) in [6, 6.07) is 0. The second-order valence-electron chi connectivity index (χ2n) is 2.10. The largest absolute Gasteiger partial charge is 0.251 e. The molecule has 1 rings (SSSR count). The molecule has 0 fully saturated rings. The third-order valence-corrected chi connectivity index (χ3v) is 1.45. The molecule has 66 valence electrons. The normalized spacial score (nSPS) is 11.2. The topological polar surface area (TPSA) is 72.0 Å². The number of nitrogens with zero attached hydrogens (tertiary/aromatic N) is 2. The molecule has 1 heterocycles. The van der Waals surface area contributed by atoms with Gasteiger partial charge in [-0.05, 0) is 0 Å². The van der Waals surface area contributed by atoms with Crippen LogP contribution in [0.4, 0.5) is 10.3 Å². The number of nitrogens with one attached hydrogen (secondary N) is 1. The second-order valence-corrected chi connectivity index (χ2v) is 3.85. The summed E-state index contributed by atoms with van der Waals surface area (Å²) in [5.74, 6) is -0.757. The van der Waals surface area contributed by atoms with E-state index in [2.05, 4.69) is 9.97 Å². The first kappa shape index (κ1) is 8.85. The van der Waals surface area contributed by atoms with Gasteiger partial charge in [0.2, 0.25) is 16.0 Å². The van der Waals surface area contributed by atoms with Crippen LogP contribution in [-0.2, 0) is 10.0 Å². The molecule has 0 aliphatic rings. The van der Waals surface area contributed by atoms with Gasteiger partial charge in [0.05, 0.1) is 18.6 Å². The maximum absolute atomic E-state index is 12.2. The smallest absolute Gasteiger partial charge is 0.236 e. The molecule has 0 spiro atoms. The van der Waals surface area contributed by atoms with Crippen molar-refractivity contribution in [3.63, 3.8) is 0 Å². The maximum Gasteiger partial charge on any atom is 0.236 e. The van der Waals surface area contributed by atoms with Crippen LogP contribution >= 0.6 is 0 Å². The minimum atomic E-state index is -3.39. The Kier molecular flexibility index (Phi) is 2.22. The number of hydrogen-bond donors (Lipinski definition) is 1. The SMILES string of the molecule is CS(=O)(=O)Nc1ncc(F)cn1. The van der Waals surface area contributed by atoms with Crippen LogP contribution in [0.5, 0.6) is 0 Å². The van der Waals surface area contributed by atoms with Crippen molar-refractivity contribution in [2.45, 2.75) is 0 Å². The fourth-order valence-corrected chi connectivity index (χ4v) is 0.968. The highest BCUT2D eigenvalue weighted by Crippen LogP contribution is 1.99. The lowest BCUT2D eigenvalue weighted by Gasteiger charge is -1.99. The monoisotopic (exact) mass is 191 g/mol. The Labute approximate surface area is 68.7 Å². The number of sulfonamides is 1. The molecule has 1 N–H and O–H groups in total. The van der Waals surface area contributed by atoms with E-state index in [4.69, 9.17) is 0 Å². The van der Waals surface area contributed by atoms with Crippen LogP contribution < -0.4 is 4.72 Å². The zero-order valence-corrected chi connectivity index (χ0v) is 6.97. The van der Waals surface area contributed by atoms with E-state index in [9.17, 15) is 12.8 Å². The first-order valence-electron chi connectivity index (χ1n) is 2.93.